The topological polar surface area (TPSA) is 40.1 Å². The maximum absolute atomic E-state index is 5.24. The van der Waals surface area contributed by atoms with Gasteiger partial charge in [0.05, 0.1) is 0 Å². The zero-order chi connectivity index (χ0) is 11.5. The van der Waals surface area contributed by atoms with Gasteiger partial charge in [0.2, 0.25) is 5.95 Å². The molecule has 0 radical (unpaired) electrons. The van der Waals surface area contributed by atoms with Crippen molar-refractivity contribution in [1.29, 1.82) is 0 Å². The first-order valence-electron chi connectivity index (χ1n) is 5.81. The van der Waals surface area contributed by atoms with E-state index in [0.29, 0.717) is 0 Å². The van der Waals surface area contributed by atoms with Gasteiger partial charge in [0.25, 0.3) is 0 Å². The van der Waals surface area contributed by atoms with E-state index in [4.69, 9.17) is 12.2 Å². The Labute approximate surface area is 101 Å². The maximum atomic E-state index is 5.24. The summed E-state index contributed by atoms with van der Waals surface area (Å²) in [4.78, 5) is 4.64. The molecule has 0 amide bonds. The Balaban J connectivity index is 2.17. The van der Waals surface area contributed by atoms with Crippen LogP contribution in [-0.2, 0) is 6.54 Å². The van der Waals surface area contributed by atoms with E-state index in [1.807, 2.05) is 0 Å². The van der Waals surface area contributed by atoms with E-state index in [0.717, 1.165) is 49.9 Å². The molecule has 0 saturated carbocycles. The Bertz CT molecular complexity index is 388. The lowest BCUT2D eigenvalue weighted by atomic mass is 10.3. The fraction of sp³-hybridized carbons (Fsp3) is 0.800. The highest BCUT2D eigenvalue weighted by atomic mass is 32.1. The van der Waals surface area contributed by atoms with Gasteiger partial charge in [0, 0.05) is 32.7 Å². The quantitative estimate of drug-likeness (QED) is 0.805. The Kier molecular flexibility index (Phi) is 3.60. The van der Waals surface area contributed by atoms with Crippen LogP contribution in [-0.4, -0.2) is 52.9 Å². The number of hydrogen-bond acceptors (Lipinski definition) is 4. The average Bonchev–Trinajstić information content (AvgIpc) is 2.63. The van der Waals surface area contributed by atoms with E-state index < -0.39 is 0 Å². The minimum atomic E-state index is 0.732. The van der Waals surface area contributed by atoms with Crippen molar-refractivity contribution in [2.24, 2.45) is 0 Å². The van der Waals surface area contributed by atoms with Crippen molar-refractivity contribution in [1.82, 2.24) is 19.7 Å². The second-order valence-corrected chi connectivity index (χ2v) is 4.66. The van der Waals surface area contributed by atoms with Crippen molar-refractivity contribution in [2.75, 3.05) is 38.1 Å². The van der Waals surface area contributed by atoms with Crippen LogP contribution in [0.5, 0.6) is 0 Å². The molecule has 5 nitrogen and oxygen atoms in total. The summed E-state index contributed by atoms with van der Waals surface area (Å²) in [5, 5.41) is 7.23. The number of aromatic amines is 1. The third kappa shape index (κ3) is 2.27. The van der Waals surface area contributed by atoms with Gasteiger partial charge in [-0.05, 0) is 25.7 Å². The molecular formula is C10H19N5S. The molecule has 0 bridgehead atoms. The fourth-order valence-corrected chi connectivity index (χ4v) is 2.20. The average molecular weight is 241 g/mol. The van der Waals surface area contributed by atoms with Gasteiger partial charge < -0.3 is 9.80 Å². The minimum Gasteiger partial charge on any atom is -0.338 e. The zero-order valence-corrected chi connectivity index (χ0v) is 10.8. The molecule has 0 aromatic carbocycles. The molecule has 90 valence electrons. The largest absolute Gasteiger partial charge is 0.338 e. The van der Waals surface area contributed by atoms with Gasteiger partial charge in [0.1, 0.15) is 0 Å². The molecule has 1 aromatic rings. The van der Waals surface area contributed by atoms with E-state index in [1.54, 1.807) is 0 Å². The Morgan fingerprint density at radius 3 is 2.62 bits per heavy atom. The number of piperazine rings is 1. The lowest BCUT2D eigenvalue weighted by molar-refractivity contribution is 0.310. The van der Waals surface area contributed by atoms with Gasteiger partial charge in [-0.1, -0.05) is 6.92 Å². The maximum Gasteiger partial charge on any atom is 0.225 e. The van der Waals surface area contributed by atoms with Gasteiger partial charge in [-0.25, -0.2) is 5.10 Å². The predicted octanol–water partition coefficient (Wildman–Crippen LogP) is 1.10. The summed E-state index contributed by atoms with van der Waals surface area (Å²) >= 11 is 5.24. The van der Waals surface area contributed by atoms with Crippen LogP contribution in [0.3, 0.4) is 0 Å². The number of aromatic nitrogens is 3. The second-order valence-electron chi connectivity index (χ2n) is 4.27. The van der Waals surface area contributed by atoms with Crippen molar-refractivity contribution < 1.29 is 0 Å². The number of rotatable bonds is 3. The molecule has 2 heterocycles. The van der Waals surface area contributed by atoms with Crippen LogP contribution in [0.2, 0.25) is 0 Å². The third-order valence-corrected chi connectivity index (χ3v) is 3.28. The van der Waals surface area contributed by atoms with Crippen LogP contribution in [0, 0.1) is 4.77 Å². The summed E-state index contributed by atoms with van der Waals surface area (Å²) in [6.45, 7) is 7.33. The van der Waals surface area contributed by atoms with Gasteiger partial charge in [-0.3, -0.25) is 4.57 Å². The Morgan fingerprint density at radius 2 is 2.00 bits per heavy atom. The number of likely N-dealkylation sites (N-methyl/N-ethyl adjacent to an activating group) is 1. The van der Waals surface area contributed by atoms with Crippen LogP contribution in [0.4, 0.5) is 5.95 Å². The number of nitrogens with zero attached hydrogens (tertiary/aromatic N) is 4. The van der Waals surface area contributed by atoms with E-state index in [2.05, 4.69) is 38.5 Å². The molecule has 6 heteroatoms. The molecule has 1 aliphatic rings. The number of nitrogens with one attached hydrogen (secondary N) is 1. The molecule has 1 aromatic heterocycles. The number of hydrogen-bond donors (Lipinski definition) is 1. The minimum absolute atomic E-state index is 0.732. The number of H-pyrrole nitrogens is 1. The zero-order valence-electron chi connectivity index (χ0n) is 9.94. The molecule has 0 aliphatic carbocycles. The summed E-state index contributed by atoms with van der Waals surface area (Å²) in [6, 6.07) is 0. The lowest BCUT2D eigenvalue weighted by Crippen LogP contribution is -2.45. The van der Waals surface area contributed by atoms with Crippen molar-refractivity contribution in [3.8, 4) is 0 Å². The molecule has 1 aliphatic heterocycles. The van der Waals surface area contributed by atoms with Crippen LogP contribution < -0.4 is 4.90 Å². The summed E-state index contributed by atoms with van der Waals surface area (Å²) in [5.41, 5.74) is 0. The standard InChI is InChI=1S/C10H19N5S/c1-3-4-15-9(11-12-10(15)16)14-7-5-13(2)6-8-14/h3-8H2,1-2H3,(H,12,16). The normalized spacial score (nSPS) is 18.0. The summed E-state index contributed by atoms with van der Waals surface area (Å²) in [5.74, 6) is 1.000. The van der Waals surface area contributed by atoms with Crippen LogP contribution in [0.15, 0.2) is 0 Å². The van der Waals surface area contributed by atoms with Gasteiger partial charge in [-0.2, -0.15) is 0 Å². The predicted molar refractivity (Wildman–Crippen MR) is 67.4 cm³/mol. The lowest BCUT2D eigenvalue weighted by Gasteiger charge is -2.32. The highest BCUT2D eigenvalue weighted by molar-refractivity contribution is 7.71. The Morgan fingerprint density at radius 1 is 1.31 bits per heavy atom. The van der Waals surface area contributed by atoms with Gasteiger partial charge in [-0.15, -0.1) is 5.10 Å². The first kappa shape index (κ1) is 11.6. The van der Waals surface area contributed by atoms with Crippen LogP contribution in [0.25, 0.3) is 0 Å². The van der Waals surface area contributed by atoms with E-state index in [1.165, 1.54) is 0 Å². The van der Waals surface area contributed by atoms with Crippen molar-refractivity contribution in [2.45, 2.75) is 19.9 Å². The second kappa shape index (κ2) is 4.97. The molecule has 2 rings (SSSR count). The fourth-order valence-electron chi connectivity index (χ4n) is 1.98. The van der Waals surface area contributed by atoms with Crippen LogP contribution in [0.1, 0.15) is 13.3 Å². The monoisotopic (exact) mass is 241 g/mol. The molecular weight excluding hydrogens is 222 g/mol. The van der Waals surface area contributed by atoms with Crippen molar-refractivity contribution in [3.05, 3.63) is 4.77 Å². The molecule has 0 spiro atoms. The highest BCUT2D eigenvalue weighted by Crippen LogP contribution is 2.14. The van der Waals surface area contributed by atoms with Gasteiger partial charge in [0.15, 0.2) is 4.77 Å². The SMILES string of the molecule is CCCn1c(N2CCN(C)CC2)n[nH]c1=S. The summed E-state index contributed by atoms with van der Waals surface area (Å²) in [6.07, 6.45) is 1.08. The van der Waals surface area contributed by atoms with Crippen LogP contribution >= 0.6 is 12.2 Å². The summed E-state index contributed by atoms with van der Waals surface area (Å²) < 4.78 is 2.83. The van der Waals surface area contributed by atoms with E-state index >= 15 is 0 Å². The van der Waals surface area contributed by atoms with E-state index in [9.17, 15) is 0 Å². The molecule has 0 atom stereocenters. The smallest absolute Gasteiger partial charge is 0.225 e. The third-order valence-electron chi connectivity index (χ3n) is 2.97. The first-order chi connectivity index (χ1) is 7.72. The molecule has 1 saturated heterocycles. The molecule has 1 fully saturated rings. The van der Waals surface area contributed by atoms with Crippen molar-refractivity contribution in [3.63, 3.8) is 0 Å². The molecule has 1 N–H and O–H groups in total. The molecule has 16 heavy (non-hydrogen) atoms. The van der Waals surface area contributed by atoms with Gasteiger partial charge >= 0.3 is 0 Å². The molecule has 0 unspecified atom stereocenters. The summed E-state index contributed by atoms with van der Waals surface area (Å²) in [7, 11) is 2.15. The highest BCUT2D eigenvalue weighted by Gasteiger charge is 2.18. The first-order valence-corrected chi connectivity index (χ1v) is 6.22. The van der Waals surface area contributed by atoms with E-state index in [-0.39, 0.29) is 0 Å². The van der Waals surface area contributed by atoms with Crippen molar-refractivity contribution >= 4 is 18.2 Å². The number of anilines is 1. The Hall–Kier alpha value is -0.880.